The van der Waals surface area contributed by atoms with E-state index < -0.39 is 0 Å². The maximum Gasteiger partial charge on any atom is -0.000719 e. The average molecular weight is 1190 g/mol. The van der Waals surface area contributed by atoms with Gasteiger partial charge in [0.15, 0.2) is 0 Å². The number of fused-ring (bicyclic) bond motifs is 10. The third kappa shape index (κ3) is 7.94. The molecule has 0 bridgehead atoms. The quantitative estimate of drug-likeness (QED) is 0.146. The van der Waals surface area contributed by atoms with Crippen LogP contribution in [0, 0.1) is 0 Å². The first-order valence-electron chi connectivity index (χ1n) is 32.8. The molecular weight excluding hydrogens is 1130 g/mol. The monoisotopic (exact) mass is 1180 g/mol. The molecule has 94 heavy (non-hydrogen) atoms. The molecule has 0 aliphatic heterocycles. The molecule has 21 aromatic carbocycles. The Balaban J connectivity index is 0.000000139. The van der Waals surface area contributed by atoms with Crippen LogP contribution in [0.2, 0.25) is 0 Å². The molecule has 0 nitrogen and oxygen atoms in total. The highest BCUT2D eigenvalue weighted by Gasteiger charge is 2.28. The van der Waals surface area contributed by atoms with Gasteiger partial charge in [0.2, 0.25) is 0 Å². The lowest BCUT2D eigenvalue weighted by molar-refractivity contribution is 1.65. The van der Waals surface area contributed by atoms with E-state index in [-0.39, 0.29) is 0 Å². The molecule has 0 N–H and O–H groups in total. The summed E-state index contributed by atoms with van der Waals surface area (Å²) in [7, 11) is 0. The van der Waals surface area contributed by atoms with Crippen LogP contribution in [-0.2, 0) is 0 Å². The minimum atomic E-state index is 1.23. The Morgan fingerprint density at radius 1 is 0.117 bits per heavy atom. The largest absolute Gasteiger partial charge is 0.0622 e. The first-order valence-corrected chi connectivity index (χ1v) is 32.8. The van der Waals surface area contributed by atoms with Gasteiger partial charge in [-0.05, 0) is 243 Å². The van der Waals surface area contributed by atoms with Crippen molar-refractivity contribution in [2.75, 3.05) is 0 Å². The van der Waals surface area contributed by atoms with Crippen molar-refractivity contribution in [3.8, 4) is 66.8 Å². The number of hydrogen-bond donors (Lipinski definition) is 0. The Hall–Kier alpha value is -12.2. The van der Waals surface area contributed by atoms with E-state index in [1.54, 1.807) is 0 Å². The molecule has 0 aliphatic rings. The number of benzene rings is 19. The van der Waals surface area contributed by atoms with Gasteiger partial charge in [0, 0.05) is 0 Å². The molecule has 0 atom stereocenters. The van der Waals surface area contributed by atoms with Crippen molar-refractivity contribution in [3.63, 3.8) is 0 Å². The van der Waals surface area contributed by atoms with Crippen molar-refractivity contribution >= 4 is 140 Å². The van der Waals surface area contributed by atoms with Gasteiger partial charge in [-0.1, -0.05) is 303 Å². The Labute approximate surface area is 543 Å². The zero-order valence-electron chi connectivity index (χ0n) is 51.3. The summed E-state index contributed by atoms with van der Waals surface area (Å²) in [6, 6.07) is 126. The van der Waals surface area contributed by atoms with E-state index >= 15 is 0 Å². The van der Waals surface area contributed by atoms with Crippen LogP contribution >= 0.6 is 0 Å². The highest BCUT2D eigenvalue weighted by Crippen LogP contribution is 2.56. The average Bonchev–Trinajstić information content (AvgIpc) is 1.45. The molecule has 21 aromatic rings. The summed E-state index contributed by atoms with van der Waals surface area (Å²) < 4.78 is 0. The second-order valence-corrected chi connectivity index (χ2v) is 25.7. The molecular formula is C94H56. The van der Waals surface area contributed by atoms with E-state index in [9.17, 15) is 0 Å². The van der Waals surface area contributed by atoms with Gasteiger partial charge in [-0.25, -0.2) is 0 Å². The van der Waals surface area contributed by atoms with Gasteiger partial charge in [0.25, 0.3) is 0 Å². The van der Waals surface area contributed by atoms with Crippen LogP contribution in [0.15, 0.2) is 340 Å². The Kier molecular flexibility index (Phi) is 11.5. The lowest BCUT2D eigenvalue weighted by atomic mass is 9.81. The van der Waals surface area contributed by atoms with E-state index in [1.165, 1.54) is 207 Å². The summed E-state index contributed by atoms with van der Waals surface area (Å²) in [4.78, 5) is 0. The van der Waals surface area contributed by atoms with Crippen molar-refractivity contribution in [1.82, 2.24) is 0 Å². The molecule has 432 valence electrons. The molecule has 0 heteroatoms. The third-order valence-electron chi connectivity index (χ3n) is 20.7. The fourth-order valence-corrected chi connectivity index (χ4v) is 16.5. The third-order valence-corrected chi connectivity index (χ3v) is 20.7. The summed E-state index contributed by atoms with van der Waals surface area (Å²) in [6.45, 7) is 0. The van der Waals surface area contributed by atoms with Crippen molar-refractivity contribution in [2.45, 2.75) is 0 Å². The first-order chi connectivity index (χ1) is 46.6. The van der Waals surface area contributed by atoms with E-state index in [4.69, 9.17) is 0 Å². The van der Waals surface area contributed by atoms with Crippen LogP contribution in [0.5, 0.6) is 0 Å². The maximum absolute atomic E-state index is 2.45. The molecule has 0 unspecified atom stereocenters. The Morgan fingerprint density at radius 2 is 0.362 bits per heavy atom. The van der Waals surface area contributed by atoms with E-state index in [1.807, 2.05) is 0 Å². The van der Waals surface area contributed by atoms with Gasteiger partial charge < -0.3 is 0 Å². The zero-order chi connectivity index (χ0) is 61.5. The van der Waals surface area contributed by atoms with Crippen molar-refractivity contribution in [1.29, 1.82) is 0 Å². The minimum absolute atomic E-state index is 1.23. The summed E-state index contributed by atoms with van der Waals surface area (Å²) in [5, 5.41) is 33.9. The SMILES string of the molecule is c1ccc(-c2c3c4cccc5cccc(c3c(-c3ccccc3)c3c6cccc7cccc(c23)c76)c54)cc1.c1ccc2cc(-c3cc(-c4ccc5ccccc5c4)c4ccc5c(-c6ccc7ccccc7c6)cc(-c6ccc7ccccc7c6)c6ccc3c4c65)ccc2c1. The fourth-order valence-electron chi connectivity index (χ4n) is 16.5. The molecule has 0 aromatic heterocycles. The zero-order valence-corrected chi connectivity index (χ0v) is 51.3. The van der Waals surface area contributed by atoms with Gasteiger partial charge in [-0.15, -0.1) is 0 Å². The van der Waals surface area contributed by atoms with Crippen LogP contribution in [-0.4, -0.2) is 0 Å². The van der Waals surface area contributed by atoms with Crippen molar-refractivity contribution in [2.24, 2.45) is 0 Å². The molecule has 0 saturated carbocycles. The van der Waals surface area contributed by atoms with E-state index in [0.717, 1.165) is 0 Å². The number of rotatable bonds is 6. The molecule has 0 aliphatic carbocycles. The molecule has 0 radical (unpaired) electrons. The van der Waals surface area contributed by atoms with Gasteiger partial charge >= 0.3 is 0 Å². The highest BCUT2D eigenvalue weighted by atomic mass is 14.3. The maximum atomic E-state index is 2.45. The summed E-state index contributed by atoms with van der Waals surface area (Å²) in [5.74, 6) is 0. The summed E-state index contributed by atoms with van der Waals surface area (Å²) >= 11 is 0. The molecule has 0 heterocycles. The predicted octanol–water partition coefficient (Wildman–Crippen LogP) is 26.7. The fraction of sp³-hybridized carbons (Fsp3) is 0. The lowest BCUT2D eigenvalue weighted by Gasteiger charge is -2.22. The normalized spacial score (nSPS) is 12.0. The summed E-state index contributed by atoms with van der Waals surface area (Å²) in [5.41, 5.74) is 15.2. The Morgan fingerprint density at radius 3 is 0.638 bits per heavy atom. The second kappa shape index (κ2) is 20.7. The molecule has 0 saturated heterocycles. The molecule has 0 fully saturated rings. The van der Waals surface area contributed by atoms with Crippen LogP contribution in [0.1, 0.15) is 0 Å². The number of hydrogen-bond acceptors (Lipinski definition) is 0. The van der Waals surface area contributed by atoms with E-state index in [0.29, 0.717) is 0 Å². The van der Waals surface area contributed by atoms with E-state index in [2.05, 4.69) is 340 Å². The molecule has 0 spiro atoms. The highest BCUT2D eigenvalue weighted by molar-refractivity contribution is 6.46. The van der Waals surface area contributed by atoms with Crippen LogP contribution in [0.3, 0.4) is 0 Å². The van der Waals surface area contributed by atoms with Crippen LogP contribution in [0.25, 0.3) is 207 Å². The smallest absolute Gasteiger partial charge is 0.000719 e. The van der Waals surface area contributed by atoms with Gasteiger partial charge in [0.05, 0.1) is 0 Å². The van der Waals surface area contributed by atoms with Crippen LogP contribution < -0.4 is 0 Å². The summed E-state index contributed by atoms with van der Waals surface area (Å²) in [6.07, 6.45) is 0. The first kappa shape index (κ1) is 52.5. The molecule has 21 rings (SSSR count). The van der Waals surface area contributed by atoms with Gasteiger partial charge in [-0.3, -0.25) is 0 Å². The molecule has 0 amide bonds. The standard InChI is InChI=1S/C56H34.C38H22/c1-5-13-39-29-43(21-17-35(39)9-1)51-33-52(44-22-18-36-10-2-6-14-40(36)30-44)48-27-28-50-54(46-24-20-38-12-4-8-16-42(38)32-46)34-53(49-26-25-47(51)55(48)56(49)50)45-23-19-37-11-3-7-15-41(37)31-45;1-3-11-25(12-4-1)33-35-27-19-7-15-23-17-9-21-29(31(23)27)37(35)34(26-13-5-2-6-14-26)38-30-22-10-18-24-16-8-20-28(32(24)30)36(33)38/h1-34H;1-22H. The topological polar surface area (TPSA) is 0 Å². The second-order valence-electron chi connectivity index (χ2n) is 25.7. The van der Waals surface area contributed by atoms with Crippen LogP contribution in [0.4, 0.5) is 0 Å². The van der Waals surface area contributed by atoms with Crippen molar-refractivity contribution in [3.05, 3.63) is 340 Å². The van der Waals surface area contributed by atoms with Gasteiger partial charge in [0.1, 0.15) is 0 Å². The lowest BCUT2D eigenvalue weighted by Crippen LogP contribution is -1.94. The van der Waals surface area contributed by atoms with Gasteiger partial charge in [-0.2, -0.15) is 0 Å². The Bertz CT molecular complexity index is 5890. The minimum Gasteiger partial charge on any atom is -0.0622 e. The predicted molar refractivity (Wildman–Crippen MR) is 407 cm³/mol. The van der Waals surface area contributed by atoms with Crippen molar-refractivity contribution < 1.29 is 0 Å².